The number of rotatable bonds is 5. The quantitative estimate of drug-likeness (QED) is 0.400. The number of nitrogens with zero attached hydrogens (tertiary/aromatic N) is 4. The van der Waals surface area contributed by atoms with Gasteiger partial charge >= 0.3 is 0 Å². The van der Waals surface area contributed by atoms with Gasteiger partial charge in [0.15, 0.2) is 11.0 Å². The lowest BCUT2D eigenvalue weighted by atomic mass is 10.2. The highest BCUT2D eigenvalue weighted by Crippen LogP contribution is 2.28. The van der Waals surface area contributed by atoms with E-state index in [9.17, 15) is 14.5 Å². The molecule has 0 aliphatic heterocycles. The maximum Gasteiger partial charge on any atom is 0.273 e. The second kappa shape index (κ2) is 6.79. The minimum atomic E-state index is -0.392. The van der Waals surface area contributed by atoms with Crippen molar-refractivity contribution in [3.05, 3.63) is 70.0 Å². The highest BCUT2D eigenvalue weighted by atomic mass is 32.2. The van der Waals surface area contributed by atoms with Gasteiger partial charge in [-0.1, -0.05) is 30.0 Å². The lowest BCUT2D eigenvalue weighted by Crippen LogP contribution is -1.97. The molecule has 0 unspecified atom stereocenters. The van der Waals surface area contributed by atoms with Gasteiger partial charge in [0.1, 0.15) is 5.82 Å². The first-order valence-corrected chi connectivity index (χ1v) is 8.05. The summed E-state index contributed by atoms with van der Waals surface area (Å²) in [5.74, 6) is 0.707. The van der Waals surface area contributed by atoms with Crippen molar-refractivity contribution in [2.24, 2.45) is 7.05 Å². The van der Waals surface area contributed by atoms with Crippen LogP contribution in [0.15, 0.2) is 53.7 Å². The average Bonchev–Trinajstić information content (AvgIpc) is 2.95. The summed E-state index contributed by atoms with van der Waals surface area (Å²) in [5.41, 5.74) is 1.47. The number of hydrogen-bond donors (Lipinski definition) is 0. The number of nitro groups is 1. The van der Waals surface area contributed by atoms with E-state index in [1.165, 1.54) is 30.0 Å². The van der Waals surface area contributed by atoms with Crippen LogP contribution in [0.25, 0.3) is 11.4 Å². The van der Waals surface area contributed by atoms with E-state index < -0.39 is 4.92 Å². The van der Waals surface area contributed by atoms with Crippen molar-refractivity contribution in [2.45, 2.75) is 10.9 Å². The third-order valence-electron chi connectivity index (χ3n) is 3.48. The molecule has 1 heterocycles. The molecule has 1 aromatic heterocycles. The topological polar surface area (TPSA) is 73.8 Å². The monoisotopic (exact) mass is 344 g/mol. The van der Waals surface area contributed by atoms with Gasteiger partial charge in [-0.05, 0) is 24.3 Å². The smallest absolute Gasteiger partial charge is 0.273 e. The van der Waals surface area contributed by atoms with E-state index in [1.807, 2.05) is 0 Å². The van der Waals surface area contributed by atoms with Gasteiger partial charge in [0, 0.05) is 30.0 Å². The van der Waals surface area contributed by atoms with Crippen LogP contribution in [0, 0.1) is 15.9 Å². The highest BCUT2D eigenvalue weighted by Gasteiger charge is 2.15. The molecule has 0 saturated carbocycles. The molecule has 0 saturated heterocycles. The molecule has 0 amide bonds. The maximum atomic E-state index is 13.0. The van der Waals surface area contributed by atoms with Crippen LogP contribution in [0.3, 0.4) is 0 Å². The van der Waals surface area contributed by atoms with Crippen LogP contribution < -0.4 is 0 Å². The van der Waals surface area contributed by atoms with Crippen LogP contribution >= 0.6 is 11.8 Å². The van der Waals surface area contributed by atoms with Crippen LogP contribution in [0.5, 0.6) is 0 Å². The zero-order valence-electron chi connectivity index (χ0n) is 12.7. The second-order valence-corrected chi connectivity index (χ2v) is 5.99. The Morgan fingerprint density at radius 2 is 1.88 bits per heavy atom. The summed E-state index contributed by atoms with van der Waals surface area (Å²) in [4.78, 5) is 10.7. The molecule has 6 nitrogen and oxygen atoms in total. The number of halogens is 1. The fraction of sp³-hybridized carbons (Fsp3) is 0.125. The number of thioether (sulfide) groups is 1. The number of benzene rings is 2. The molecule has 122 valence electrons. The van der Waals surface area contributed by atoms with Gasteiger partial charge in [0.2, 0.25) is 0 Å². The van der Waals surface area contributed by atoms with E-state index in [4.69, 9.17) is 0 Å². The summed E-state index contributed by atoms with van der Waals surface area (Å²) in [7, 11) is 1.81. The molecule has 0 atom stereocenters. The maximum absolute atomic E-state index is 13.0. The van der Waals surface area contributed by atoms with Gasteiger partial charge < -0.3 is 4.57 Å². The molecule has 3 aromatic rings. The predicted octanol–water partition coefficient (Wildman–Crippen LogP) is 3.82. The molecule has 0 aliphatic rings. The summed E-state index contributed by atoms with van der Waals surface area (Å²) in [6.07, 6.45) is 0. The number of para-hydroxylation sites is 1. The first-order valence-electron chi connectivity index (χ1n) is 7.06. The summed E-state index contributed by atoms with van der Waals surface area (Å²) >= 11 is 1.36. The Balaban J connectivity index is 1.80. The number of hydrogen-bond acceptors (Lipinski definition) is 5. The van der Waals surface area contributed by atoms with Crippen molar-refractivity contribution in [1.29, 1.82) is 0 Å². The van der Waals surface area contributed by atoms with Gasteiger partial charge in [0.25, 0.3) is 5.69 Å². The lowest BCUT2D eigenvalue weighted by molar-refractivity contribution is -0.385. The molecular weight excluding hydrogens is 331 g/mol. The number of nitro benzene ring substituents is 1. The summed E-state index contributed by atoms with van der Waals surface area (Å²) in [6, 6.07) is 12.6. The van der Waals surface area contributed by atoms with Crippen molar-refractivity contribution in [3.8, 4) is 11.4 Å². The van der Waals surface area contributed by atoms with Gasteiger partial charge in [-0.25, -0.2) is 4.39 Å². The third-order valence-corrected chi connectivity index (χ3v) is 4.55. The molecule has 0 bridgehead atoms. The van der Waals surface area contributed by atoms with Crippen LogP contribution in [0.1, 0.15) is 5.56 Å². The standard InChI is InChI=1S/C16H13FN4O2S/c1-20-15(11-6-8-13(17)9-7-11)18-19-16(20)24-10-12-4-2-3-5-14(12)21(22)23/h2-9H,10H2,1H3. The fourth-order valence-electron chi connectivity index (χ4n) is 2.24. The first-order chi connectivity index (χ1) is 11.6. The predicted molar refractivity (Wildman–Crippen MR) is 89.1 cm³/mol. The zero-order valence-corrected chi connectivity index (χ0v) is 13.5. The van der Waals surface area contributed by atoms with Crippen LogP contribution in [0.2, 0.25) is 0 Å². The van der Waals surface area contributed by atoms with Gasteiger partial charge in [0.05, 0.1) is 4.92 Å². The lowest BCUT2D eigenvalue weighted by Gasteiger charge is -2.04. The van der Waals surface area contributed by atoms with E-state index in [1.54, 1.807) is 41.9 Å². The SMILES string of the molecule is Cn1c(SCc2ccccc2[N+](=O)[O-])nnc1-c1ccc(F)cc1. The van der Waals surface area contributed by atoms with Crippen LogP contribution in [0.4, 0.5) is 10.1 Å². The van der Waals surface area contributed by atoms with Gasteiger partial charge in [-0.2, -0.15) is 0 Å². The minimum absolute atomic E-state index is 0.0888. The molecule has 2 aromatic carbocycles. The van der Waals surface area contributed by atoms with E-state index in [-0.39, 0.29) is 11.5 Å². The molecule has 0 aliphatic carbocycles. The Kier molecular flexibility index (Phi) is 4.57. The Bertz CT molecular complexity index is 880. The Morgan fingerprint density at radius 1 is 1.17 bits per heavy atom. The Morgan fingerprint density at radius 3 is 2.58 bits per heavy atom. The van der Waals surface area contributed by atoms with Crippen molar-refractivity contribution < 1.29 is 9.31 Å². The van der Waals surface area contributed by atoms with E-state index in [0.29, 0.717) is 22.3 Å². The van der Waals surface area contributed by atoms with E-state index in [2.05, 4.69) is 10.2 Å². The molecule has 3 rings (SSSR count). The first kappa shape index (κ1) is 16.1. The molecule has 0 N–H and O–H groups in total. The molecule has 0 spiro atoms. The van der Waals surface area contributed by atoms with Crippen molar-refractivity contribution >= 4 is 17.4 Å². The fourth-order valence-corrected chi connectivity index (χ4v) is 3.15. The minimum Gasteiger partial charge on any atom is -0.305 e. The molecule has 8 heteroatoms. The largest absolute Gasteiger partial charge is 0.305 e. The Labute approximate surface area is 141 Å². The zero-order chi connectivity index (χ0) is 17.1. The second-order valence-electron chi connectivity index (χ2n) is 5.05. The molecule has 24 heavy (non-hydrogen) atoms. The van der Waals surface area contributed by atoms with Gasteiger partial charge in [-0.15, -0.1) is 10.2 Å². The van der Waals surface area contributed by atoms with E-state index in [0.717, 1.165) is 5.56 Å². The Hall–Kier alpha value is -2.74. The summed E-state index contributed by atoms with van der Waals surface area (Å²) < 4.78 is 14.8. The van der Waals surface area contributed by atoms with Crippen molar-refractivity contribution in [2.75, 3.05) is 0 Å². The average molecular weight is 344 g/mol. The molecule has 0 fully saturated rings. The van der Waals surface area contributed by atoms with Crippen molar-refractivity contribution in [3.63, 3.8) is 0 Å². The summed E-state index contributed by atoms with van der Waals surface area (Å²) in [5, 5.41) is 19.9. The van der Waals surface area contributed by atoms with Gasteiger partial charge in [-0.3, -0.25) is 10.1 Å². The van der Waals surface area contributed by atoms with Crippen LogP contribution in [-0.4, -0.2) is 19.7 Å². The molecule has 0 radical (unpaired) electrons. The van der Waals surface area contributed by atoms with E-state index >= 15 is 0 Å². The molecular formula is C16H13FN4O2S. The summed E-state index contributed by atoms with van der Waals surface area (Å²) in [6.45, 7) is 0. The number of aromatic nitrogens is 3. The van der Waals surface area contributed by atoms with Crippen LogP contribution in [-0.2, 0) is 12.8 Å². The highest BCUT2D eigenvalue weighted by molar-refractivity contribution is 7.98. The normalized spacial score (nSPS) is 10.8. The van der Waals surface area contributed by atoms with Crippen molar-refractivity contribution in [1.82, 2.24) is 14.8 Å². The third kappa shape index (κ3) is 3.28.